The maximum Gasteiger partial charge on any atom is 0.237 e. The predicted molar refractivity (Wildman–Crippen MR) is 79.5 cm³/mol. The second kappa shape index (κ2) is 12.6. The van der Waals surface area contributed by atoms with Gasteiger partial charge < -0.3 is 0 Å². The molecular weight excluding hydrogens is 346 g/mol. The molecule has 0 atom stereocenters. The Hall–Kier alpha value is 1.53. The highest BCUT2D eigenvalue weighted by atomic mass is 127. The minimum Gasteiger partial charge on any atom is -0.150 e. The Kier molecular flexibility index (Phi) is 14.0. The third-order valence-corrected chi connectivity index (χ3v) is 5.22. The van der Waals surface area contributed by atoms with E-state index in [1.165, 1.54) is 55.8 Å². The van der Waals surface area contributed by atoms with Gasteiger partial charge in [0.1, 0.15) is 0 Å². The zero-order valence-corrected chi connectivity index (χ0v) is 13.6. The quantitative estimate of drug-likeness (QED) is 0.163. The lowest BCUT2D eigenvalue weighted by Crippen LogP contribution is -1.91. The largest absolute Gasteiger partial charge is 0.237 e. The standard InChI is InChI=1S/C10H21Cl2ISi/c11-14(12)10-8-6-4-2-1-3-5-7-9-13/h14H,1-10H2. The Balaban J connectivity index is 2.85. The van der Waals surface area contributed by atoms with E-state index in [2.05, 4.69) is 22.6 Å². The van der Waals surface area contributed by atoms with Crippen molar-refractivity contribution >= 4 is 52.2 Å². The first-order chi connectivity index (χ1) is 6.77. The average molecular weight is 367 g/mol. The summed E-state index contributed by atoms with van der Waals surface area (Å²) < 4.78 is 1.31. The number of alkyl halides is 1. The monoisotopic (exact) mass is 366 g/mol. The van der Waals surface area contributed by atoms with Crippen molar-refractivity contribution in [3.63, 3.8) is 0 Å². The summed E-state index contributed by atoms with van der Waals surface area (Å²) in [5.74, 6) is 0. The average Bonchev–Trinajstić information content (AvgIpc) is 2.15. The van der Waals surface area contributed by atoms with Crippen LogP contribution in [-0.2, 0) is 0 Å². The topological polar surface area (TPSA) is 0 Å². The summed E-state index contributed by atoms with van der Waals surface area (Å²) in [4.78, 5) is 0. The molecule has 0 spiro atoms. The van der Waals surface area contributed by atoms with Crippen molar-refractivity contribution in [3.8, 4) is 0 Å². The molecular formula is C10H21Cl2ISi. The molecule has 0 heterocycles. The van der Waals surface area contributed by atoms with E-state index in [0.29, 0.717) is 0 Å². The minimum absolute atomic E-state index is 1.10. The first kappa shape index (κ1) is 15.5. The van der Waals surface area contributed by atoms with Gasteiger partial charge in [-0.1, -0.05) is 67.5 Å². The highest BCUT2D eigenvalue weighted by molar-refractivity contribution is 14.1. The van der Waals surface area contributed by atoms with Crippen molar-refractivity contribution in [1.29, 1.82) is 0 Å². The molecule has 0 amide bonds. The summed E-state index contributed by atoms with van der Waals surface area (Å²) in [5, 5.41) is 0. The molecule has 0 unspecified atom stereocenters. The lowest BCUT2D eigenvalue weighted by Gasteiger charge is -2.01. The summed E-state index contributed by atoms with van der Waals surface area (Å²) in [7, 11) is -1.30. The molecule has 14 heavy (non-hydrogen) atoms. The molecule has 0 fully saturated rings. The van der Waals surface area contributed by atoms with Gasteiger partial charge in [0.25, 0.3) is 0 Å². The number of hydrogen-bond acceptors (Lipinski definition) is 0. The smallest absolute Gasteiger partial charge is 0.150 e. The third-order valence-electron chi connectivity index (χ3n) is 2.31. The molecule has 0 radical (unpaired) electrons. The van der Waals surface area contributed by atoms with Crippen LogP contribution in [0.3, 0.4) is 0 Å². The van der Waals surface area contributed by atoms with Crippen LogP contribution in [0.2, 0.25) is 6.04 Å². The van der Waals surface area contributed by atoms with E-state index < -0.39 is 7.42 Å². The fourth-order valence-electron chi connectivity index (χ4n) is 1.45. The molecule has 0 aromatic heterocycles. The van der Waals surface area contributed by atoms with E-state index in [4.69, 9.17) is 22.2 Å². The molecule has 4 heteroatoms. The summed E-state index contributed by atoms with van der Waals surface area (Å²) in [6.45, 7) is 0. The summed E-state index contributed by atoms with van der Waals surface area (Å²) in [6.07, 6.45) is 11.0. The Bertz CT molecular complexity index is 112. The van der Waals surface area contributed by atoms with Crippen LogP contribution >= 0.6 is 44.7 Å². The van der Waals surface area contributed by atoms with E-state index in [1.807, 2.05) is 0 Å². The van der Waals surface area contributed by atoms with E-state index >= 15 is 0 Å². The minimum atomic E-state index is -1.30. The van der Waals surface area contributed by atoms with Crippen LogP contribution in [0, 0.1) is 0 Å². The van der Waals surface area contributed by atoms with E-state index in [1.54, 1.807) is 0 Å². The number of hydrogen-bond donors (Lipinski definition) is 0. The van der Waals surface area contributed by atoms with Crippen molar-refractivity contribution in [2.75, 3.05) is 4.43 Å². The Morgan fingerprint density at radius 2 is 1.14 bits per heavy atom. The van der Waals surface area contributed by atoms with Crippen LogP contribution in [-0.4, -0.2) is 11.8 Å². The van der Waals surface area contributed by atoms with Gasteiger partial charge in [0, 0.05) is 0 Å². The van der Waals surface area contributed by atoms with Crippen molar-refractivity contribution in [3.05, 3.63) is 0 Å². The molecule has 0 nitrogen and oxygen atoms in total. The van der Waals surface area contributed by atoms with Gasteiger partial charge in [-0.05, 0) is 16.9 Å². The van der Waals surface area contributed by atoms with Gasteiger partial charge in [-0.3, -0.25) is 0 Å². The van der Waals surface area contributed by atoms with Crippen molar-refractivity contribution in [2.45, 2.75) is 57.4 Å². The molecule has 0 N–H and O–H groups in total. The molecule has 0 aliphatic carbocycles. The molecule has 0 aromatic rings. The molecule has 0 saturated heterocycles. The van der Waals surface area contributed by atoms with Crippen LogP contribution in [0.4, 0.5) is 0 Å². The van der Waals surface area contributed by atoms with Crippen LogP contribution in [0.25, 0.3) is 0 Å². The van der Waals surface area contributed by atoms with Gasteiger partial charge in [0.05, 0.1) is 0 Å². The van der Waals surface area contributed by atoms with Gasteiger partial charge in [0.15, 0.2) is 0 Å². The van der Waals surface area contributed by atoms with Gasteiger partial charge in [-0.15, -0.1) is 0 Å². The van der Waals surface area contributed by atoms with Crippen LogP contribution in [0.15, 0.2) is 0 Å². The number of rotatable bonds is 10. The Morgan fingerprint density at radius 3 is 1.57 bits per heavy atom. The normalized spacial score (nSPS) is 11.1. The zero-order valence-electron chi connectivity index (χ0n) is 8.78. The van der Waals surface area contributed by atoms with Gasteiger partial charge >= 0.3 is 0 Å². The molecule has 0 aliphatic rings. The zero-order chi connectivity index (χ0) is 10.6. The van der Waals surface area contributed by atoms with E-state index in [9.17, 15) is 0 Å². The SMILES string of the molecule is Cl[SiH](Cl)CCCCCCCCCCI. The van der Waals surface area contributed by atoms with Crippen LogP contribution in [0.5, 0.6) is 0 Å². The molecule has 0 aliphatic heterocycles. The highest BCUT2D eigenvalue weighted by Gasteiger charge is 2.00. The van der Waals surface area contributed by atoms with E-state index in [0.717, 1.165) is 6.04 Å². The number of unbranched alkanes of at least 4 members (excludes halogenated alkanes) is 7. The summed E-state index contributed by atoms with van der Waals surface area (Å²) >= 11 is 14.0. The molecule has 0 aromatic carbocycles. The molecule has 0 bridgehead atoms. The van der Waals surface area contributed by atoms with E-state index in [-0.39, 0.29) is 0 Å². The number of halogens is 3. The first-order valence-electron chi connectivity index (χ1n) is 5.61. The van der Waals surface area contributed by atoms with Gasteiger partial charge in [-0.2, -0.15) is 22.2 Å². The summed E-state index contributed by atoms with van der Waals surface area (Å²) in [6, 6.07) is 1.10. The Morgan fingerprint density at radius 1 is 0.714 bits per heavy atom. The van der Waals surface area contributed by atoms with Crippen molar-refractivity contribution in [2.24, 2.45) is 0 Å². The fraction of sp³-hybridized carbons (Fsp3) is 1.00. The highest BCUT2D eigenvalue weighted by Crippen LogP contribution is 2.13. The third kappa shape index (κ3) is 13.5. The molecule has 86 valence electrons. The maximum absolute atomic E-state index is 5.78. The predicted octanol–water partition coefficient (Wildman–Crippen LogP) is 5.24. The lowest BCUT2D eigenvalue weighted by atomic mass is 10.1. The van der Waals surface area contributed by atoms with Gasteiger partial charge in [-0.25, -0.2) is 0 Å². The fourth-order valence-corrected chi connectivity index (χ4v) is 3.52. The first-order valence-corrected chi connectivity index (χ1v) is 11.4. The van der Waals surface area contributed by atoms with Crippen molar-refractivity contribution < 1.29 is 0 Å². The molecule has 0 rings (SSSR count). The van der Waals surface area contributed by atoms with Crippen LogP contribution < -0.4 is 0 Å². The lowest BCUT2D eigenvalue weighted by molar-refractivity contribution is 0.587. The van der Waals surface area contributed by atoms with Crippen LogP contribution in [0.1, 0.15) is 51.4 Å². The van der Waals surface area contributed by atoms with Gasteiger partial charge in [0.2, 0.25) is 7.42 Å². The molecule has 0 saturated carbocycles. The Labute approximate surface area is 113 Å². The maximum atomic E-state index is 5.78. The summed E-state index contributed by atoms with van der Waals surface area (Å²) in [5.41, 5.74) is 0. The second-order valence-corrected chi connectivity index (χ2v) is 9.97. The second-order valence-electron chi connectivity index (χ2n) is 3.70. The van der Waals surface area contributed by atoms with Crippen molar-refractivity contribution in [1.82, 2.24) is 0 Å².